The number of halogens is 1. The maximum atomic E-state index is 12.8. The van der Waals surface area contributed by atoms with Crippen LogP contribution in [-0.4, -0.2) is 16.7 Å². The van der Waals surface area contributed by atoms with Crippen molar-refractivity contribution < 1.29 is 9.59 Å². The first kappa shape index (κ1) is 16.0. The second-order valence-corrected chi connectivity index (χ2v) is 5.93. The predicted octanol–water partition coefficient (Wildman–Crippen LogP) is 4.57. The van der Waals surface area contributed by atoms with Crippen molar-refractivity contribution in [2.45, 2.75) is 6.92 Å². The van der Waals surface area contributed by atoms with Crippen molar-refractivity contribution in [1.82, 2.24) is 4.98 Å². The number of hydrogen-bond donors (Lipinski definition) is 2. The lowest BCUT2D eigenvalue weighted by molar-refractivity contribution is -0.112. The Hall–Kier alpha value is -2.85. The van der Waals surface area contributed by atoms with Gasteiger partial charge in [-0.15, -0.1) is 0 Å². The van der Waals surface area contributed by atoms with E-state index in [-0.39, 0.29) is 11.7 Å². The Morgan fingerprint density at radius 1 is 1.12 bits per heavy atom. The monoisotopic (exact) mass is 338 g/mol. The standard InChI is InChI=1S/C19H15ClN2O2/c1-11(2)19(24)22-16-14-9-8-13(20)10-15(14)21-17(16)18(23)12-6-4-3-5-7-12/h3-10,21H,1H2,2H3,(H,22,24). The van der Waals surface area contributed by atoms with Crippen LogP contribution in [0.4, 0.5) is 5.69 Å². The molecule has 0 saturated heterocycles. The van der Waals surface area contributed by atoms with E-state index in [1.54, 1.807) is 49.4 Å². The fourth-order valence-electron chi connectivity index (χ4n) is 2.42. The van der Waals surface area contributed by atoms with Gasteiger partial charge in [0.05, 0.1) is 5.69 Å². The molecule has 5 heteroatoms. The van der Waals surface area contributed by atoms with Crippen molar-refractivity contribution in [2.75, 3.05) is 5.32 Å². The number of carbonyl (C=O) groups excluding carboxylic acids is 2. The smallest absolute Gasteiger partial charge is 0.250 e. The number of ketones is 1. The largest absolute Gasteiger partial charge is 0.350 e. The fraction of sp³-hybridized carbons (Fsp3) is 0.0526. The van der Waals surface area contributed by atoms with Gasteiger partial charge in [0.15, 0.2) is 0 Å². The zero-order valence-corrected chi connectivity index (χ0v) is 13.8. The summed E-state index contributed by atoms with van der Waals surface area (Å²) < 4.78 is 0. The molecule has 0 bridgehead atoms. The Morgan fingerprint density at radius 2 is 1.83 bits per heavy atom. The quantitative estimate of drug-likeness (QED) is 0.541. The number of anilines is 1. The zero-order chi connectivity index (χ0) is 17.3. The Bertz CT molecular complexity index is 958. The molecule has 0 aliphatic carbocycles. The minimum Gasteiger partial charge on any atom is -0.350 e. The molecule has 2 N–H and O–H groups in total. The lowest BCUT2D eigenvalue weighted by Gasteiger charge is -2.07. The molecule has 2 aromatic carbocycles. The molecule has 0 unspecified atom stereocenters. The van der Waals surface area contributed by atoms with E-state index in [0.717, 1.165) is 0 Å². The van der Waals surface area contributed by atoms with Crippen molar-refractivity contribution in [2.24, 2.45) is 0 Å². The third-order valence-electron chi connectivity index (χ3n) is 3.65. The van der Waals surface area contributed by atoms with Gasteiger partial charge in [-0.1, -0.05) is 48.5 Å². The van der Waals surface area contributed by atoms with Gasteiger partial charge in [-0.05, 0) is 25.1 Å². The van der Waals surface area contributed by atoms with Crippen molar-refractivity contribution in [3.63, 3.8) is 0 Å². The van der Waals surface area contributed by atoms with Gasteiger partial charge in [0.2, 0.25) is 5.78 Å². The van der Waals surface area contributed by atoms with Crippen LogP contribution in [0, 0.1) is 0 Å². The molecule has 1 aromatic heterocycles. The van der Waals surface area contributed by atoms with Crippen LogP contribution >= 0.6 is 11.6 Å². The average molecular weight is 339 g/mol. The third kappa shape index (κ3) is 2.96. The summed E-state index contributed by atoms with van der Waals surface area (Å²) in [6, 6.07) is 14.1. The van der Waals surface area contributed by atoms with E-state index in [9.17, 15) is 9.59 Å². The van der Waals surface area contributed by atoms with Gasteiger partial charge in [0.1, 0.15) is 5.69 Å². The summed E-state index contributed by atoms with van der Waals surface area (Å²) in [5.74, 6) is -0.548. The highest BCUT2D eigenvalue weighted by molar-refractivity contribution is 6.31. The first-order valence-corrected chi connectivity index (χ1v) is 7.73. The number of fused-ring (bicyclic) bond motifs is 1. The first-order valence-electron chi connectivity index (χ1n) is 7.35. The fourth-order valence-corrected chi connectivity index (χ4v) is 2.60. The topological polar surface area (TPSA) is 62.0 Å². The molecule has 3 rings (SSSR count). The number of carbonyl (C=O) groups is 2. The SMILES string of the molecule is C=C(C)C(=O)Nc1c(C(=O)c2ccccc2)[nH]c2cc(Cl)ccc12. The van der Waals surface area contributed by atoms with Crippen molar-refractivity contribution in [1.29, 1.82) is 0 Å². The Balaban J connectivity index is 2.17. The summed E-state index contributed by atoms with van der Waals surface area (Å²) in [5.41, 5.74) is 2.31. The van der Waals surface area contributed by atoms with Crippen molar-refractivity contribution >= 4 is 39.9 Å². The van der Waals surface area contributed by atoms with Crippen LogP contribution < -0.4 is 5.32 Å². The van der Waals surface area contributed by atoms with E-state index >= 15 is 0 Å². The molecule has 4 nitrogen and oxygen atoms in total. The number of benzene rings is 2. The Morgan fingerprint density at radius 3 is 2.50 bits per heavy atom. The van der Waals surface area contributed by atoms with Crippen LogP contribution in [0.1, 0.15) is 23.0 Å². The average Bonchev–Trinajstić information content (AvgIpc) is 2.92. The first-order chi connectivity index (χ1) is 11.5. The summed E-state index contributed by atoms with van der Waals surface area (Å²) in [5, 5.41) is 4.03. The third-order valence-corrected chi connectivity index (χ3v) is 3.88. The summed E-state index contributed by atoms with van der Waals surface area (Å²) in [4.78, 5) is 28.0. The second kappa shape index (κ2) is 6.34. The van der Waals surface area contributed by atoms with Crippen LogP contribution in [0.15, 0.2) is 60.7 Å². The molecule has 0 spiro atoms. The highest BCUT2D eigenvalue weighted by Crippen LogP contribution is 2.31. The van der Waals surface area contributed by atoms with E-state index < -0.39 is 0 Å². The summed E-state index contributed by atoms with van der Waals surface area (Å²) in [6.07, 6.45) is 0. The summed E-state index contributed by atoms with van der Waals surface area (Å²) >= 11 is 6.03. The molecular formula is C19H15ClN2O2. The van der Waals surface area contributed by atoms with Gasteiger partial charge in [-0.25, -0.2) is 0 Å². The minimum atomic E-state index is -0.340. The molecular weight excluding hydrogens is 324 g/mol. The van der Waals surface area contributed by atoms with E-state index in [0.29, 0.717) is 38.4 Å². The molecule has 0 aliphatic rings. The van der Waals surface area contributed by atoms with Crippen LogP contribution in [0.5, 0.6) is 0 Å². The predicted molar refractivity (Wildman–Crippen MR) is 96.6 cm³/mol. The molecule has 1 heterocycles. The van der Waals surface area contributed by atoms with Crippen molar-refractivity contribution in [3.8, 4) is 0 Å². The van der Waals surface area contributed by atoms with Crippen LogP contribution in [-0.2, 0) is 4.79 Å². The highest BCUT2D eigenvalue weighted by atomic mass is 35.5. The molecule has 0 atom stereocenters. The number of hydrogen-bond acceptors (Lipinski definition) is 2. The number of aromatic nitrogens is 1. The molecule has 1 amide bonds. The molecule has 3 aromatic rings. The van der Waals surface area contributed by atoms with Crippen molar-refractivity contribution in [3.05, 3.63) is 77.0 Å². The van der Waals surface area contributed by atoms with Crippen LogP contribution in [0.25, 0.3) is 10.9 Å². The molecule has 24 heavy (non-hydrogen) atoms. The van der Waals surface area contributed by atoms with Gasteiger partial charge < -0.3 is 10.3 Å². The van der Waals surface area contributed by atoms with Gasteiger partial charge in [0.25, 0.3) is 5.91 Å². The van der Waals surface area contributed by atoms with Crippen LogP contribution in [0.2, 0.25) is 5.02 Å². The lowest BCUT2D eigenvalue weighted by atomic mass is 10.1. The highest BCUT2D eigenvalue weighted by Gasteiger charge is 2.21. The molecule has 0 fully saturated rings. The summed E-state index contributed by atoms with van der Waals surface area (Å²) in [7, 11) is 0. The molecule has 0 saturated carbocycles. The molecule has 0 radical (unpaired) electrons. The van der Waals surface area contributed by atoms with Gasteiger partial charge >= 0.3 is 0 Å². The van der Waals surface area contributed by atoms with E-state index in [1.165, 1.54) is 0 Å². The Kier molecular flexibility index (Phi) is 4.23. The molecule has 120 valence electrons. The van der Waals surface area contributed by atoms with Gasteiger partial charge in [-0.2, -0.15) is 0 Å². The van der Waals surface area contributed by atoms with E-state index in [1.807, 2.05) is 6.07 Å². The van der Waals surface area contributed by atoms with E-state index in [2.05, 4.69) is 16.9 Å². The maximum absolute atomic E-state index is 12.8. The number of amides is 1. The van der Waals surface area contributed by atoms with Crippen LogP contribution in [0.3, 0.4) is 0 Å². The number of nitrogens with one attached hydrogen (secondary N) is 2. The van der Waals surface area contributed by atoms with E-state index in [4.69, 9.17) is 11.6 Å². The summed E-state index contributed by atoms with van der Waals surface area (Å²) in [6.45, 7) is 5.25. The van der Waals surface area contributed by atoms with Gasteiger partial charge in [0, 0.05) is 27.1 Å². The number of H-pyrrole nitrogens is 1. The molecule has 0 aliphatic heterocycles. The Labute approximate surface area is 144 Å². The minimum absolute atomic E-state index is 0.208. The maximum Gasteiger partial charge on any atom is 0.250 e. The second-order valence-electron chi connectivity index (χ2n) is 5.49. The van der Waals surface area contributed by atoms with Gasteiger partial charge in [-0.3, -0.25) is 9.59 Å². The number of aromatic amines is 1. The normalized spacial score (nSPS) is 10.6. The lowest BCUT2D eigenvalue weighted by Crippen LogP contribution is -2.14. The number of rotatable bonds is 4. The zero-order valence-electron chi connectivity index (χ0n) is 13.0.